The molecule has 4 aromatic rings. The van der Waals surface area contributed by atoms with Crippen molar-refractivity contribution in [1.82, 2.24) is 5.43 Å². The van der Waals surface area contributed by atoms with Gasteiger partial charge in [-0.05, 0) is 52.7 Å². The largest absolute Gasteiger partial charge is 0.490 e. The molecule has 0 spiro atoms. The number of para-hydroxylation sites is 1. The number of hydrazone groups is 1. The first-order valence-corrected chi connectivity index (χ1v) is 10.9. The molecule has 0 aliphatic carbocycles. The van der Waals surface area contributed by atoms with Gasteiger partial charge in [0.15, 0.2) is 17.3 Å². The third kappa shape index (κ3) is 5.18. The molecule has 1 aromatic heterocycles. The van der Waals surface area contributed by atoms with Crippen LogP contribution in [0.15, 0.2) is 86.8 Å². The molecule has 32 heavy (non-hydrogen) atoms. The number of rotatable bonds is 8. The molecule has 7 heteroatoms. The van der Waals surface area contributed by atoms with Crippen molar-refractivity contribution < 1.29 is 18.7 Å². The Labute approximate surface area is 194 Å². The number of hydrogen-bond donors (Lipinski definition) is 1. The molecule has 0 atom stereocenters. The summed E-state index contributed by atoms with van der Waals surface area (Å²) in [5.74, 6) is 0.978. The molecule has 0 unspecified atom stereocenters. The van der Waals surface area contributed by atoms with Crippen molar-refractivity contribution in [3.8, 4) is 11.5 Å². The Morgan fingerprint density at radius 1 is 1.03 bits per heavy atom. The molecular formula is C25H21BrN2O4. The van der Waals surface area contributed by atoms with E-state index < -0.39 is 5.91 Å². The molecule has 6 nitrogen and oxygen atoms in total. The normalized spacial score (nSPS) is 11.1. The van der Waals surface area contributed by atoms with E-state index in [0.717, 1.165) is 21.0 Å². The highest BCUT2D eigenvalue weighted by Gasteiger charge is 2.13. The highest BCUT2D eigenvalue weighted by atomic mass is 79.9. The van der Waals surface area contributed by atoms with Gasteiger partial charge in [0.1, 0.15) is 12.2 Å². The summed E-state index contributed by atoms with van der Waals surface area (Å²) in [4.78, 5) is 12.4. The second-order valence-electron chi connectivity index (χ2n) is 6.88. The molecule has 0 saturated carbocycles. The summed E-state index contributed by atoms with van der Waals surface area (Å²) in [5.41, 5.74) is 4.93. The monoisotopic (exact) mass is 492 g/mol. The van der Waals surface area contributed by atoms with Gasteiger partial charge in [-0.3, -0.25) is 4.79 Å². The van der Waals surface area contributed by atoms with Crippen molar-refractivity contribution in [3.05, 3.63) is 94.2 Å². The molecule has 0 aliphatic heterocycles. The maximum atomic E-state index is 12.4. The third-order valence-electron chi connectivity index (χ3n) is 4.62. The zero-order valence-corrected chi connectivity index (χ0v) is 19.0. The maximum absolute atomic E-state index is 12.4. The van der Waals surface area contributed by atoms with Crippen LogP contribution in [0, 0.1) is 0 Å². The number of furan rings is 1. The molecular weight excluding hydrogens is 472 g/mol. The molecule has 162 valence electrons. The minimum atomic E-state index is -0.429. The molecule has 1 amide bonds. The minimum Gasteiger partial charge on any atom is -0.490 e. The molecule has 4 rings (SSSR count). The Balaban J connectivity index is 1.46. The zero-order valence-electron chi connectivity index (χ0n) is 17.4. The Hall–Kier alpha value is -3.58. The Kier molecular flexibility index (Phi) is 6.87. The molecule has 1 N–H and O–H groups in total. The van der Waals surface area contributed by atoms with Gasteiger partial charge in [0.05, 0.1) is 12.8 Å². The summed E-state index contributed by atoms with van der Waals surface area (Å²) >= 11 is 3.54. The van der Waals surface area contributed by atoms with Gasteiger partial charge >= 0.3 is 5.91 Å². The lowest BCUT2D eigenvalue weighted by molar-refractivity contribution is 0.0929. The van der Waals surface area contributed by atoms with Gasteiger partial charge < -0.3 is 13.9 Å². The highest BCUT2D eigenvalue weighted by molar-refractivity contribution is 9.10. The number of halogens is 1. The van der Waals surface area contributed by atoms with Gasteiger partial charge in [-0.25, -0.2) is 5.43 Å². The quantitative estimate of drug-likeness (QED) is 0.244. The predicted molar refractivity (Wildman–Crippen MR) is 127 cm³/mol. The summed E-state index contributed by atoms with van der Waals surface area (Å²) in [5, 5.41) is 4.92. The van der Waals surface area contributed by atoms with Crippen LogP contribution < -0.4 is 14.9 Å². The number of benzene rings is 3. The standard InChI is InChI=1S/C25H21BrN2O4/c1-2-30-22-13-19(20(26)14-23(22)31-16-17-8-4-3-5-9-17)15-27-28-25(29)24-12-18-10-6-7-11-21(18)32-24/h3-15H,2,16H2,1H3,(H,28,29)/b27-15+. The van der Waals surface area contributed by atoms with Crippen LogP contribution in [-0.4, -0.2) is 18.7 Å². The first kappa shape index (κ1) is 21.6. The summed E-state index contributed by atoms with van der Waals surface area (Å²) in [6, 6.07) is 22.7. The summed E-state index contributed by atoms with van der Waals surface area (Å²) in [7, 11) is 0. The Morgan fingerprint density at radius 2 is 1.78 bits per heavy atom. The lowest BCUT2D eigenvalue weighted by Gasteiger charge is -2.14. The maximum Gasteiger partial charge on any atom is 0.307 e. The second-order valence-corrected chi connectivity index (χ2v) is 7.73. The topological polar surface area (TPSA) is 73.1 Å². The van der Waals surface area contributed by atoms with Gasteiger partial charge in [0.25, 0.3) is 0 Å². The van der Waals surface area contributed by atoms with E-state index in [2.05, 4.69) is 26.5 Å². The third-order valence-corrected chi connectivity index (χ3v) is 5.31. The van der Waals surface area contributed by atoms with Gasteiger partial charge in [0, 0.05) is 15.4 Å². The van der Waals surface area contributed by atoms with E-state index >= 15 is 0 Å². The van der Waals surface area contributed by atoms with Crippen molar-refractivity contribution in [2.24, 2.45) is 5.10 Å². The average Bonchev–Trinajstić information content (AvgIpc) is 3.25. The summed E-state index contributed by atoms with van der Waals surface area (Å²) in [6.45, 7) is 2.82. The Morgan fingerprint density at radius 3 is 2.56 bits per heavy atom. The first-order chi connectivity index (χ1) is 15.6. The number of fused-ring (bicyclic) bond motifs is 1. The predicted octanol–water partition coefficient (Wildman–Crippen LogP) is 5.94. The van der Waals surface area contributed by atoms with Gasteiger partial charge in [-0.2, -0.15) is 5.10 Å². The van der Waals surface area contributed by atoms with E-state index in [9.17, 15) is 4.79 Å². The first-order valence-electron chi connectivity index (χ1n) is 10.1. The lowest BCUT2D eigenvalue weighted by Crippen LogP contribution is -2.16. The molecule has 3 aromatic carbocycles. The van der Waals surface area contributed by atoms with E-state index in [1.807, 2.05) is 73.7 Å². The molecule has 0 radical (unpaired) electrons. The van der Waals surface area contributed by atoms with Crippen LogP contribution in [0.1, 0.15) is 28.6 Å². The van der Waals surface area contributed by atoms with Crippen LogP contribution in [0.25, 0.3) is 11.0 Å². The fourth-order valence-corrected chi connectivity index (χ4v) is 3.50. The highest BCUT2D eigenvalue weighted by Crippen LogP contribution is 2.34. The molecule has 0 fully saturated rings. The van der Waals surface area contributed by atoms with E-state index in [1.54, 1.807) is 6.07 Å². The van der Waals surface area contributed by atoms with Crippen LogP contribution >= 0.6 is 15.9 Å². The molecule has 0 aliphatic rings. The number of carbonyl (C=O) groups is 1. The van der Waals surface area contributed by atoms with E-state index in [1.165, 1.54) is 6.21 Å². The van der Waals surface area contributed by atoms with Gasteiger partial charge in [-0.1, -0.05) is 48.5 Å². The second kappa shape index (κ2) is 10.2. The zero-order chi connectivity index (χ0) is 22.3. The summed E-state index contributed by atoms with van der Waals surface area (Å²) < 4.78 is 18.0. The smallest absolute Gasteiger partial charge is 0.307 e. The van der Waals surface area contributed by atoms with Crippen LogP contribution in [0.3, 0.4) is 0 Å². The number of ether oxygens (including phenoxy) is 2. The van der Waals surface area contributed by atoms with Crippen molar-refractivity contribution in [2.75, 3.05) is 6.61 Å². The number of hydrogen-bond acceptors (Lipinski definition) is 5. The molecule has 1 heterocycles. The van der Waals surface area contributed by atoms with E-state index in [-0.39, 0.29) is 5.76 Å². The van der Waals surface area contributed by atoms with Gasteiger partial charge in [0.2, 0.25) is 0 Å². The van der Waals surface area contributed by atoms with Crippen LogP contribution in [0.2, 0.25) is 0 Å². The number of nitrogens with one attached hydrogen (secondary N) is 1. The number of nitrogens with zero attached hydrogens (tertiary/aromatic N) is 1. The van der Waals surface area contributed by atoms with Crippen LogP contribution in [0.5, 0.6) is 11.5 Å². The fourth-order valence-electron chi connectivity index (χ4n) is 3.08. The minimum absolute atomic E-state index is 0.196. The number of carbonyl (C=O) groups excluding carboxylic acids is 1. The summed E-state index contributed by atoms with van der Waals surface area (Å²) in [6.07, 6.45) is 1.54. The van der Waals surface area contributed by atoms with Crippen molar-refractivity contribution in [3.63, 3.8) is 0 Å². The van der Waals surface area contributed by atoms with Crippen molar-refractivity contribution in [1.29, 1.82) is 0 Å². The van der Waals surface area contributed by atoms with Crippen molar-refractivity contribution >= 4 is 39.0 Å². The average molecular weight is 493 g/mol. The van der Waals surface area contributed by atoms with Crippen molar-refractivity contribution in [2.45, 2.75) is 13.5 Å². The molecule has 0 bridgehead atoms. The van der Waals surface area contributed by atoms with E-state index in [4.69, 9.17) is 13.9 Å². The van der Waals surface area contributed by atoms with Gasteiger partial charge in [-0.15, -0.1) is 0 Å². The lowest BCUT2D eigenvalue weighted by atomic mass is 10.2. The fraction of sp³-hybridized carbons (Fsp3) is 0.120. The number of amides is 1. The van der Waals surface area contributed by atoms with Crippen LogP contribution in [0.4, 0.5) is 0 Å². The Bertz CT molecular complexity index is 1220. The van der Waals surface area contributed by atoms with Crippen LogP contribution in [-0.2, 0) is 6.61 Å². The molecule has 0 saturated heterocycles. The van der Waals surface area contributed by atoms with E-state index in [0.29, 0.717) is 30.3 Å². The SMILES string of the molecule is CCOc1cc(/C=N/NC(=O)c2cc3ccccc3o2)c(Br)cc1OCc1ccccc1.